The molecule has 0 spiro atoms. The van der Waals surface area contributed by atoms with Crippen molar-refractivity contribution in [2.24, 2.45) is 0 Å². The highest BCUT2D eigenvalue weighted by atomic mass is 16.3. The van der Waals surface area contributed by atoms with Crippen LogP contribution in [0.4, 0.5) is 0 Å². The molecule has 1 aromatic rings. The van der Waals surface area contributed by atoms with Crippen molar-refractivity contribution in [1.29, 1.82) is 0 Å². The van der Waals surface area contributed by atoms with Crippen molar-refractivity contribution in [3.05, 3.63) is 29.3 Å². The molecule has 0 radical (unpaired) electrons. The molecule has 2 rings (SSSR count). The summed E-state index contributed by atoms with van der Waals surface area (Å²) in [6, 6.07) is 7.14. The van der Waals surface area contributed by atoms with Crippen molar-refractivity contribution in [3.8, 4) is 5.75 Å². The van der Waals surface area contributed by atoms with Gasteiger partial charge in [0.05, 0.1) is 0 Å². The van der Waals surface area contributed by atoms with Crippen molar-refractivity contribution in [2.45, 2.75) is 70.5 Å². The minimum absolute atomic E-state index is 0.0293. The second-order valence-electron chi connectivity index (χ2n) is 7.23. The van der Waals surface area contributed by atoms with Crippen molar-refractivity contribution in [1.82, 2.24) is 10.6 Å². The number of phenols is 1. The maximum absolute atomic E-state index is 10.5. The molecular formula is C18H30N2O. The molecule has 0 heterocycles. The molecule has 0 bridgehead atoms. The van der Waals surface area contributed by atoms with Crippen LogP contribution in [-0.2, 0) is 12.0 Å². The van der Waals surface area contributed by atoms with E-state index in [4.69, 9.17) is 0 Å². The minimum Gasteiger partial charge on any atom is -0.507 e. The lowest BCUT2D eigenvalue weighted by atomic mass is 9.85. The highest BCUT2D eigenvalue weighted by molar-refractivity contribution is 5.43. The van der Waals surface area contributed by atoms with E-state index in [0.29, 0.717) is 17.8 Å². The molecule has 1 aromatic carbocycles. The Bertz CT molecular complexity index is 465. The largest absolute Gasteiger partial charge is 0.507 e. The van der Waals surface area contributed by atoms with Gasteiger partial charge in [-0.15, -0.1) is 0 Å². The Labute approximate surface area is 129 Å². The molecule has 0 amide bonds. The van der Waals surface area contributed by atoms with E-state index < -0.39 is 0 Å². The van der Waals surface area contributed by atoms with Gasteiger partial charge in [0, 0.05) is 24.2 Å². The summed E-state index contributed by atoms with van der Waals surface area (Å²) in [4.78, 5) is 0. The van der Waals surface area contributed by atoms with E-state index in [9.17, 15) is 5.11 Å². The number of aromatic hydroxyl groups is 1. The zero-order valence-corrected chi connectivity index (χ0v) is 13.9. The zero-order valence-electron chi connectivity index (χ0n) is 13.9. The third-order valence-electron chi connectivity index (χ3n) is 4.62. The summed E-state index contributed by atoms with van der Waals surface area (Å²) >= 11 is 0. The van der Waals surface area contributed by atoms with Gasteiger partial charge < -0.3 is 15.7 Å². The number of hydrogen-bond acceptors (Lipinski definition) is 3. The Morgan fingerprint density at radius 2 is 1.81 bits per heavy atom. The molecule has 0 aromatic heterocycles. The number of benzene rings is 1. The average molecular weight is 290 g/mol. The third kappa shape index (κ3) is 3.98. The highest BCUT2D eigenvalue weighted by Crippen LogP contribution is 2.33. The Hall–Kier alpha value is -1.06. The fraction of sp³-hybridized carbons (Fsp3) is 0.667. The van der Waals surface area contributed by atoms with Crippen LogP contribution in [0.15, 0.2) is 18.2 Å². The lowest BCUT2D eigenvalue weighted by molar-refractivity contribution is 0.293. The summed E-state index contributed by atoms with van der Waals surface area (Å²) in [5.41, 5.74) is 2.00. The molecule has 1 fully saturated rings. The van der Waals surface area contributed by atoms with Crippen molar-refractivity contribution in [2.75, 3.05) is 7.05 Å². The molecular weight excluding hydrogens is 260 g/mol. The smallest absolute Gasteiger partial charge is 0.123 e. The van der Waals surface area contributed by atoms with Gasteiger partial charge >= 0.3 is 0 Å². The Kier molecular flexibility index (Phi) is 5.28. The van der Waals surface area contributed by atoms with Crippen LogP contribution in [0.1, 0.15) is 57.6 Å². The van der Waals surface area contributed by atoms with E-state index in [1.807, 2.05) is 25.2 Å². The molecule has 118 valence electrons. The molecule has 1 unspecified atom stereocenters. The first kappa shape index (κ1) is 16.3. The molecule has 1 aliphatic rings. The van der Waals surface area contributed by atoms with Crippen LogP contribution in [0, 0.1) is 0 Å². The van der Waals surface area contributed by atoms with Crippen LogP contribution in [0.2, 0.25) is 0 Å². The first-order valence-electron chi connectivity index (χ1n) is 8.15. The molecule has 3 heteroatoms. The predicted octanol–water partition coefficient (Wildman–Crippen LogP) is 3.31. The lowest BCUT2D eigenvalue weighted by Gasteiger charge is -2.32. The molecule has 3 N–H and O–H groups in total. The van der Waals surface area contributed by atoms with Gasteiger partial charge in [-0.1, -0.05) is 51.8 Å². The predicted molar refractivity (Wildman–Crippen MR) is 88.8 cm³/mol. The summed E-state index contributed by atoms with van der Waals surface area (Å²) in [6.07, 6.45) is 5.06. The van der Waals surface area contributed by atoms with E-state index in [1.54, 1.807) is 0 Å². The van der Waals surface area contributed by atoms with Crippen molar-refractivity contribution in [3.63, 3.8) is 0 Å². The van der Waals surface area contributed by atoms with E-state index in [-0.39, 0.29) is 5.41 Å². The van der Waals surface area contributed by atoms with Gasteiger partial charge in [0.1, 0.15) is 5.75 Å². The normalized spacial score (nSPS) is 23.2. The highest BCUT2D eigenvalue weighted by Gasteiger charge is 2.24. The fourth-order valence-electron chi connectivity index (χ4n) is 3.30. The van der Waals surface area contributed by atoms with E-state index in [0.717, 1.165) is 17.7 Å². The summed E-state index contributed by atoms with van der Waals surface area (Å²) in [5, 5.41) is 17.6. The van der Waals surface area contributed by atoms with Gasteiger partial charge in [-0.05, 0) is 30.9 Å². The molecule has 3 nitrogen and oxygen atoms in total. The van der Waals surface area contributed by atoms with Gasteiger partial charge in [0.15, 0.2) is 0 Å². The van der Waals surface area contributed by atoms with Crippen LogP contribution in [0.5, 0.6) is 5.75 Å². The second kappa shape index (κ2) is 6.80. The Morgan fingerprint density at radius 3 is 2.43 bits per heavy atom. The SMILES string of the molecule is CN[C@H]1CCCCC1NCc1cccc(C(C)(C)C)c1O. The summed E-state index contributed by atoms with van der Waals surface area (Å²) in [6.45, 7) is 7.14. The van der Waals surface area contributed by atoms with Crippen molar-refractivity contribution >= 4 is 0 Å². The van der Waals surface area contributed by atoms with Gasteiger partial charge in [-0.25, -0.2) is 0 Å². The Balaban J connectivity index is 2.06. The molecule has 1 aliphatic carbocycles. The first-order valence-corrected chi connectivity index (χ1v) is 8.15. The van der Waals surface area contributed by atoms with Crippen LogP contribution in [-0.4, -0.2) is 24.2 Å². The van der Waals surface area contributed by atoms with Gasteiger partial charge in [-0.2, -0.15) is 0 Å². The number of likely N-dealkylation sites (N-methyl/N-ethyl adjacent to an activating group) is 1. The first-order chi connectivity index (χ1) is 9.93. The lowest BCUT2D eigenvalue weighted by Crippen LogP contribution is -2.48. The standard InChI is InChI=1S/C18H30N2O/c1-18(2,3)14-9-7-8-13(17(14)21)12-20-16-11-6-5-10-15(16)19-4/h7-9,15-16,19-21H,5-6,10-12H2,1-4H3/t15-,16?/m0/s1. The summed E-state index contributed by atoms with van der Waals surface area (Å²) in [7, 11) is 2.04. The van der Waals surface area contributed by atoms with Gasteiger partial charge in [-0.3, -0.25) is 0 Å². The topological polar surface area (TPSA) is 44.3 Å². The number of para-hydroxylation sites is 1. The number of phenolic OH excluding ortho intramolecular Hbond substituents is 1. The molecule has 1 saturated carbocycles. The third-order valence-corrected chi connectivity index (χ3v) is 4.62. The van der Waals surface area contributed by atoms with Gasteiger partial charge in [0.2, 0.25) is 0 Å². The van der Waals surface area contributed by atoms with Crippen LogP contribution >= 0.6 is 0 Å². The molecule has 0 saturated heterocycles. The van der Waals surface area contributed by atoms with E-state index >= 15 is 0 Å². The fourth-order valence-corrected chi connectivity index (χ4v) is 3.30. The minimum atomic E-state index is -0.0293. The summed E-state index contributed by atoms with van der Waals surface area (Å²) in [5.74, 6) is 0.453. The monoisotopic (exact) mass is 290 g/mol. The van der Waals surface area contributed by atoms with E-state index in [2.05, 4.69) is 31.4 Å². The molecule has 2 atom stereocenters. The number of rotatable bonds is 4. The summed E-state index contributed by atoms with van der Waals surface area (Å²) < 4.78 is 0. The quantitative estimate of drug-likeness (QED) is 0.797. The van der Waals surface area contributed by atoms with Crippen molar-refractivity contribution < 1.29 is 5.11 Å². The van der Waals surface area contributed by atoms with Crippen LogP contribution in [0.3, 0.4) is 0 Å². The molecule has 21 heavy (non-hydrogen) atoms. The van der Waals surface area contributed by atoms with Crippen LogP contribution in [0.25, 0.3) is 0 Å². The number of hydrogen-bond donors (Lipinski definition) is 3. The average Bonchev–Trinajstić information content (AvgIpc) is 2.45. The van der Waals surface area contributed by atoms with Crippen LogP contribution < -0.4 is 10.6 Å². The maximum Gasteiger partial charge on any atom is 0.123 e. The second-order valence-corrected chi connectivity index (χ2v) is 7.23. The maximum atomic E-state index is 10.5. The van der Waals surface area contributed by atoms with E-state index in [1.165, 1.54) is 25.7 Å². The Morgan fingerprint density at radius 1 is 1.14 bits per heavy atom. The molecule has 0 aliphatic heterocycles. The van der Waals surface area contributed by atoms with Gasteiger partial charge in [0.25, 0.3) is 0 Å². The number of nitrogens with one attached hydrogen (secondary N) is 2. The zero-order chi connectivity index (χ0) is 15.5.